The fraction of sp³-hybridized carbons (Fsp3) is 0.440. The molecule has 1 aromatic carbocycles. The lowest BCUT2D eigenvalue weighted by Crippen LogP contribution is -2.48. The highest BCUT2D eigenvalue weighted by atomic mass is 32.1. The molecule has 0 aliphatic carbocycles. The van der Waals surface area contributed by atoms with Crippen molar-refractivity contribution in [2.75, 3.05) is 46.4 Å². The Morgan fingerprint density at radius 3 is 2.61 bits per heavy atom. The smallest absolute Gasteiger partial charge is 0.273 e. The predicted molar refractivity (Wildman–Crippen MR) is 131 cm³/mol. The zero-order valence-corrected chi connectivity index (χ0v) is 20.3. The van der Waals surface area contributed by atoms with E-state index in [-0.39, 0.29) is 17.6 Å². The third-order valence-electron chi connectivity index (χ3n) is 5.77. The minimum absolute atomic E-state index is 0.160. The monoisotopic (exact) mass is 468 g/mol. The average Bonchev–Trinajstić information content (AvgIpc) is 3.52. The number of benzene rings is 1. The minimum atomic E-state index is -0.224. The van der Waals surface area contributed by atoms with E-state index in [0.29, 0.717) is 24.8 Å². The number of likely N-dealkylation sites (N-methyl/N-ethyl adjacent to an activating group) is 1. The number of piperazine rings is 1. The average molecular weight is 469 g/mol. The largest absolute Gasteiger partial charge is 0.493 e. The van der Waals surface area contributed by atoms with Gasteiger partial charge < -0.3 is 19.5 Å². The van der Waals surface area contributed by atoms with Crippen LogP contribution in [0.25, 0.3) is 11.3 Å². The van der Waals surface area contributed by atoms with Crippen LogP contribution >= 0.6 is 11.3 Å². The van der Waals surface area contributed by atoms with Crippen LogP contribution in [0.3, 0.4) is 0 Å². The Labute approximate surface area is 199 Å². The number of nitrogens with one attached hydrogen (secondary N) is 1. The van der Waals surface area contributed by atoms with Gasteiger partial charge in [0.1, 0.15) is 5.75 Å². The molecule has 0 bridgehead atoms. The Kier molecular flexibility index (Phi) is 7.80. The Morgan fingerprint density at radius 2 is 1.94 bits per heavy atom. The molecule has 1 fully saturated rings. The van der Waals surface area contributed by atoms with Gasteiger partial charge in [0.05, 0.1) is 12.6 Å². The normalized spacial score (nSPS) is 16.1. The van der Waals surface area contributed by atoms with Crippen LogP contribution in [0, 0.1) is 5.92 Å². The summed E-state index contributed by atoms with van der Waals surface area (Å²) in [7, 11) is 2.15. The van der Waals surface area contributed by atoms with Gasteiger partial charge in [-0.05, 0) is 48.7 Å². The third kappa shape index (κ3) is 6.22. The van der Waals surface area contributed by atoms with Crippen molar-refractivity contribution in [3.63, 3.8) is 0 Å². The molecule has 3 heterocycles. The summed E-state index contributed by atoms with van der Waals surface area (Å²) in [6, 6.07) is 13.7. The summed E-state index contributed by atoms with van der Waals surface area (Å²) in [5.41, 5.74) is 1.14. The summed E-state index contributed by atoms with van der Waals surface area (Å²) in [5.74, 6) is 1.62. The third-order valence-corrected chi connectivity index (χ3v) is 6.74. The number of nitrogens with zero attached hydrogens (tertiary/aromatic N) is 3. The van der Waals surface area contributed by atoms with Crippen molar-refractivity contribution in [1.29, 1.82) is 0 Å². The number of hydrogen-bond donors (Lipinski definition) is 1. The van der Waals surface area contributed by atoms with E-state index in [1.54, 1.807) is 17.4 Å². The van der Waals surface area contributed by atoms with Gasteiger partial charge in [-0.3, -0.25) is 9.69 Å². The number of carbonyl (C=O) groups is 1. The van der Waals surface area contributed by atoms with Crippen LogP contribution in [0.2, 0.25) is 0 Å². The Hall–Kier alpha value is -2.68. The van der Waals surface area contributed by atoms with Gasteiger partial charge in [-0.2, -0.15) is 0 Å². The summed E-state index contributed by atoms with van der Waals surface area (Å²) < 4.78 is 11.2. The zero-order chi connectivity index (χ0) is 23.2. The van der Waals surface area contributed by atoms with E-state index in [0.717, 1.165) is 37.5 Å². The van der Waals surface area contributed by atoms with Gasteiger partial charge in [-0.25, -0.2) is 0 Å². The molecule has 1 unspecified atom stereocenters. The van der Waals surface area contributed by atoms with Crippen LogP contribution in [-0.2, 0) is 0 Å². The number of thiophene rings is 1. The molecule has 1 amide bonds. The van der Waals surface area contributed by atoms with Gasteiger partial charge in [0.25, 0.3) is 5.91 Å². The molecule has 1 saturated heterocycles. The fourth-order valence-electron chi connectivity index (χ4n) is 3.80. The summed E-state index contributed by atoms with van der Waals surface area (Å²) in [4.78, 5) is 18.9. The predicted octanol–water partition coefficient (Wildman–Crippen LogP) is 4.16. The molecule has 3 aromatic rings. The first-order valence-electron chi connectivity index (χ1n) is 11.4. The Balaban J connectivity index is 1.37. The highest BCUT2D eigenvalue weighted by Crippen LogP contribution is 2.26. The van der Waals surface area contributed by atoms with Gasteiger partial charge in [0.15, 0.2) is 11.5 Å². The van der Waals surface area contributed by atoms with Crippen LogP contribution in [-0.4, -0.2) is 67.2 Å². The zero-order valence-electron chi connectivity index (χ0n) is 19.5. The highest BCUT2D eigenvalue weighted by Gasteiger charge is 2.25. The summed E-state index contributed by atoms with van der Waals surface area (Å²) in [6.07, 6.45) is 0. The molecule has 0 radical (unpaired) electrons. The molecule has 176 valence electrons. The summed E-state index contributed by atoms with van der Waals surface area (Å²) >= 11 is 1.73. The quantitative estimate of drug-likeness (QED) is 0.509. The SMILES string of the molecule is CC(C)COc1ccc(-c2cc(C(=O)NCC(c3cccs3)N3CCN(C)CC3)no2)cc1. The number of amides is 1. The van der Waals surface area contributed by atoms with Crippen molar-refractivity contribution < 1.29 is 14.1 Å². The van der Waals surface area contributed by atoms with Crippen LogP contribution in [0.1, 0.15) is 35.3 Å². The molecule has 0 spiro atoms. The van der Waals surface area contributed by atoms with E-state index in [2.05, 4.69) is 58.7 Å². The molecule has 33 heavy (non-hydrogen) atoms. The van der Waals surface area contributed by atoms with Crippen LogP contribution < -0.4 is 10.1 Å². The van der Waals surface area contributed by atoms with E-state index in [9.17, 15) is 4.79 Å². The van der Waals surface area contributed by atoms with Gasteiger partial charge in [0, 0.05) is 49.2 Å². The van der Waals surface area contributed by atoms with E-state index >= 15 is 0 Å². The maximum Gasteiger partial charge on any atom is 0.273 e. The second-order valence-electron chi connectivity index (χ2n) is 8.89. The topological polar surface area (TPSA) is 70.8 Å². The number of aromatic nitrogens is 1. The van der Waals surface area contributed by atoms with Gasteiger partial charge in [-0.1, -0.05) is 25.1 Å². The maximum atomic E-state index is 12.8. The van der Waals surface area contributed by atoms with Crippen molar-refractivity contribution >= 4 is 17.2 Å². The van der Waals surface area contributed by atoms with E-state index in [1.165, 1.54) is 4.88 Å². The lowest BCUT2D eigenvalue weighted by Gasteiger charge is -2.37. The first-order chi connectivity index (χ1) is 16.0. The molecule has 1 aliphatic rings. The number of carbonyl (C=O) groups excluding carboxylic acids is 1. The molecule has 0 saturated carbocycles. The first-order valence-corrected chi connectivity index (χ1v) is 12.3. The van der Waals surface area contributed by atoms with Crippen LogP contribution in [0.5, 0.6) is 5.75 Å². The molecular formula is C25H32N4O3S. The van der Waals surface area contributed by atoms with Crippen LogP contribution in [0.4, 0.5) is 0 Å². The lowest BCUT2D eigenvalue weighted by atomic mass is 10.1. The molecule has 8 heteroatoms. The summed E-state index contributed by atoms with van der Waals surface area (Å²) in [5, 5.41) is 9.16. The number of rotatable bonds is 9. The molecule has 1 aliphatic heterocycles. The second-order valence-corrected chi connectivity index (χ2v) is 9.87. The molecule has 7 nitrogen and oxygen atoms in total. The highest BCUT2D eigenvalue weighted by molar-refractivity contribution is 7.10. The van der Waals surface area contributed by atoms with Crippen molar-refractivity contribution in [2.45, 2.75) is 19.9 Å². The maximum absolute atomic E-state index is 12.8. The number of hydrogen-bond acceptors (Lipinski definition) is 7. The van der Waals surface area contributed by atoms with Gasteiger partial charge in [-0.15, -0.1) is 11.3 Å². The van der Waals surface area contributed by atoms with Crippen molar-refractivity contribution in [3.8, 4) is 17.1 Å². The minimum Gasteiger partial charge on any atom is -0.493 e. The first kappa shape index (κ1) is 23.5. The Bertz CT molecular complexity index is 1010. The standard InChI is InChI=1S/C25H32N4O3S/c1-18(2)17-31-20-8-6-19(7-9-20)23-15-21(27-32-23)25(30)26-16-22(24-5-4-14-33-24)29-12-10-28(3)11-13-29/h4-9,14-15,18,22H,10-13,16-17H2,1-3H3,(H,26,30). The molecular weight excluding hydrogens is 436 g/mol. The molecule has 1 atom stereocenters. The van der Waals surface area contributed by atoms with E-state index < -0.39 is 0 Å². The van der Waals surface area contributed by atoms with Gasteiger partial charge >= 0.3 is 0 Å². The second kappa shape index (κ2) is 11.0. The number of ether oxygens (including phenoxy) is 1. The van der Waals surface area contributed by atoms with Gasteiger partial charge in [0.2, 0.25) is 0 Å². The molecule has 2 aromatic heterocycles. The van der Waals surface area contributed by atoms with Crippen molar-refractivity contribution in [2.24, 2.45) is 5.92 Å². The van der Waals surface area contributed by atoms with E-state index in [1.807, 2.05) is 24.3 Å². The van der Waals surface area contributed by atoms with Crippen molar-refractivity contribution in [1.82, 2.24) is 20.3 Å². The molecule has 1 N–H and O–H groups in total. The van der Waals surface area contributed by atoms with Crippen molar-refractivity contribution in [3.05, 3.63) is 58.4 Å². The van der Waals surface area contributed by atoms with E-state index in [4.69, 9.17) is 9.26 Å². The fourth-order valence-corrected chi connectivity index (χ4v) is 4.66. The molecule has 4 rings (SSSR count). The summed E-state index contributed by atoms with van der Waals surface area (Å²) in [6.45, 7) is 9.47. The Morgan fingerprint density at radius 1 is 1.18 bits per heavy atom. The van der Waals surface area contributed by atoms with Crippen LogP contribution in [0.15, 0.2) is 52.4 Å². The lowest BCUT2D eigenvalue weighted by molar-refractivity contribution is 0.0882.